The summed E-state index contributed by atoms with van der Waals surface area (Å²) in [5, 5.41) is 5.47. The number of guanidine groups is 1. The summed E-state index contributed by atoms with van der Waals surface area (Å²) in [5.41, 5.74) is 13.3. The van der Waals surface area contributed by atoms with E-state index in [0.29, 0.717) is 24.9 Å². The van der Waals surface area contributed by atoms with Crippen LogP contribution in [0.4, 0.5) is 10.5 Å². The molecule has 2 bridgehead atoms. The Morgan fingerprint density at radius 2 is 1.72 bits per heavy atom. The van der Waals surface area contributed by atoms with Crippen LogP contribution >= 0.6 is 0 Å². The average Bonchev–Trinajstić information content (AvgIpc) is 3.73. The van der Waals surface area contributed by atoms with E-state index in [1.54, 1.807) is 19.2 Å². The summed E-state index contributed by atoms with van der Waals surface area (Å²) in [7, 11) is 1.56. The van der Waals surface area contributed by atoms with Gasteiger partial charge in [-0.3, -0.25) is 29.0 Å². The lowest BCUT2D eigenvalue weighted by molar-refractivity contribution is -0.147. The van der Waals surface area contributed by atoms with E-state index < -0.39 is 47.8 Å². The first-order valence-corrected chi connectivity index (χ1v) is 17.8. The molecule has 0 radical (unpaired) electrons. The average molecular weight is 740 g/mol. The molecule has 54 heavy (non-hydrogen) atoms. The number of nitrogens with two attached hydrogens (primary N) is 2. The molecule has 4 amide bonds. The van der Waals surface area contributed by atoms with Crippen molar-refractivity contribution in [3.63, 3.8) is 0 Å². The number of hydrogen-bond donors (Lipinski definition) is 4. The zero-order chi connectivity index (χ0) is 38.6. The fourth-order valence-electron chi connectivity index (χ4n) is 6.82. The Bertz CT molecular complexity index is 1850. The van der Waals surface area contributed by atoms with Crippen LogP contribution in [0.2, 0.25) is 0 Å². The van der Waals surface area contributed by atoms with Crippen molar-refractivity contribution < 1.29 is 38.2 Å². The number of anilines is 1. The number of rotatable bonds is 18. The molecule has 0 aliphatic carbocycles. The fraction of sp³-hybridized carbons (Fsp3) is 0.359. The van der Waals surface area contributed by atoms with Crippen molar-refractivity contribution in [1.29, 1.82) is 0 Å². The second kappa shape index (κ2) is 18.5. The number of hydrogen-bond acceptors (Lipinski definition) is 9. The van der Waals surface area contributed by atoms with Crippen molar-refractivity contribution in [2.24, 2.45) is 22.4 Å². The van der Waals surface area contributed by atoms with Gasteiger partial charge in [0.2, 0.25) is 11.8 Å². The predicted octanol–water partition coefficient (Wildman–Crippen LogP) is 2.69. The Kier molecular flexibility index (Phi) is 13.3. The molecule has 0 spiro atoms. The van der Waals surface area contributed by atoms with Gasteiger partial charge in [-0.1, -0.05) is 66.7 Å². The Labute approximate surface area is 313 Å². The third kappa shape index (κ3) is 9.79. The lowest BCUT2D eigenvalue weighted by Gasteiger charge is -2.31. The third-order valence-electron chi connectivity index (χ3n) is 9.44. The van der Waals surface area contributed by atoms with Crippen LogP contribution in [0.5, 0.6) is 0 Å². The maximum absolute atomic E-state index is 14.4. The topological polar surface area (TPSA) is 216 Å². The molecule has 2 aliphatic heterocycles. The van der Waals surface area contributed by atoms with Crippen molar-refractivity contribution >= 4 is 47.7 Å². The Morgan fingerprint density at radius 3 is 2.39 bits per heavy atom. The second-order valence-electron chi connectivity index (χ2n) is 13.2. The molecule has 1 saturated heterocycles. The number of amides is 4. The Hall–Kier alpha value is -6.25. The van der Waals surface area contributed by atoms with Crippen molar-refractivity contribution in [1.82, 2.24) is 15.1 Å². The van der Waals surface area contributed by atoms with Crippen LogP contribution in [0.25, 0.3) is 0 Å². The molecule has 2 unspecified atom stereocenters. The van der Waals surface area contributed by atoms with Gasteiger partial charge in [-0.05, 0) is 55.4 Å². The van der Waals surface area contributed by atoms with Crippen molar-refractivity contribution in [2.75, 3.05) is 32.0 Å². The van der Waals surface area contributed by atoms with Gasteiger partial charge < -0.3 is 41.4 Å². The molecule has 3 aromatic rings. The molecule has 1 fully saturated rings. The molecule has 15 heteroatoms. The number of ether oxygens (including phenoxy) is 2. The van der Waals surface area contributed by atoms with E-state index in [4.69, 9.17) is 20.9 Å². The van der Waals surface area contributed by atoms with E-state index >= 15 is 0 Å². The molecular formula is C39H45N7O8. The van der Waals surface area contributed by atoms with Gasteiger partial charge >= 0.3 is 6.09 Å². The van der Waals surface area contributed by atoms with E-state index in [1.807, 2.05) is 60.7 Å². The quantitative estimate of drug-likeness (QED) is 0.0648. The molecule has 5 rings (SSSR count). The number of aliphatic imine (C=N–C) groups is 1. The number of benzene rings is 3. The zero-order valence-corrected chi connectivity index (χ0v) is 30.0. The van der Waals surface area contributed by atoms with Crippen LogP contribution in [-0.4, -0.2) is 90.6 Å². The Balaban J connectivity index is 1.34. The molecule has 15 nitrogen and oxygen atoms in total. The lowest BCUT2D eigenvalue weighted by Crippen LogP contribution is -2.53. The lowest BCUT2D eigenvalue weighted by atomic mass is 9.93. The van der Waals surface area contributed by atoms with E-state index in [1.165, 1.54) is 15.9 Å². The molecule has 2 aliphatic rings. The van der Waals surface area contributed by atoms with Crippen LogP contribution in [0.1, 0.15) is 58.8 Å². The second-order valence-corrected chi connectivity index (χ2v) is 13.2. The standard InChI is InChI=1S/C39H45N7O8/c1-45(39(52)53-23-26-13-6-3-7-14-26)22-27(21-25-11-4-2-5-12-25)37(51)46-20-10-18-31(46)36(50)44-30(17-9-19-42-38(40)41)33(48)34(54-24-47)32-28-15-8-16-29(32)43-35(28)49/h2-8,11-16,24,27,30-31,34H,9-10,17-23H2,1H3,(H,43,49)(H,44,50)(H4,40,41,42)/t27?,30-,31-,34?/m0/s1. The van der Waals surface area contributed by atoms with E-state index in [9.17, 15) is 28.8 Å². The summed E-state index contributed by atoms with van der Waals surface area (Å²) >= 11 is 0. The maximum atomic E-state index is 14.4. The predicted molar refractivity (Wildman–Crippen MR) is 199 cm³/mol. The summed E-state index contributed by atoms with van der Waals surface area (Å²) in [6.45, 7) is 0.654. The first-order chi connectivity index (χ1) is 26.1. The van der Waals surface area contributed by atoms with Crippen LogP contribution in [0.3, 0.4) is 0 Å². The molecular weight excluding hydrogens is 694 g/mol. The van der Waals surface area contributed by atoms with Gasteiger partial charge in [0.25, 0.3) is 12.4 Å². The monoisotopic (exact) mass is 739 g/mol. The summed E-state index contributed by atoms with van der Waals surface area (Å²) in [6.07, 6.45) is -0.610. The van der Waals surface area contributed by atoms with Gasteiger partial charge in [0, 0.05) is 43.5 Å². The minimum Gasteiger partial charge on any atom is -0.451 e. The van der Waals surface area contributed by atoms with E-state index in [0.717, 1.165) is 11.1 Å². The minimum absolute atomic E-state index is 0.0251. The van der Waals surface area contributed by atoms with Crippen molar-refractivity contribution in [3.8, 4) is 0 Å². The van der Waals surface area contributed by atoms with Gasteiger partial charge in [-0.15, -0.1) is 0 Å². The number of carbonyl (C=O) groups excluding carboxylic acids is 6. The zero-order valence-electron chi connectivity index (χ0n) is 30.0. The molecule has 2 heterocycles. The maximum Gasteiger partial charge on any atom is 0.409 e. The summed E-state index contributed by atoms with van der Waals surface area (Å²) in [4.78, 5) is 86.6. The highest BCUT2D eigenvalue weighted by atomic mass is 16.6. The molecule has 284 valence electrons. The first kappa shape index (κ1) is 39.0. The number of ketones is 1. The number of likely N-dealkylation sites (tertiary alicyclic amines) is 1. The number of carbonyl (C=O) groups is 6. The van der Waals surface area contributed by atoms with Gasteiger partial charge in [0.05, 0.1) is 12.0 Å². The smallest absolute Gasteiger partial charge is 0.409 e. The SMILES string of the molecule is CN(CC(Cc1ccccc1)C(=O)N1CCC[C@H]1C(=O)N[C@@H](CCCN=C(N)N)C(=O)C(OC=O)c1c2cccc1C(=O)N2)C(=O)OCc1ccccc1. The van der Waals surface area contributed by atoms with Crippen molar-refractivity contribution in [3.05, 3.63) is 101 Å². The summed E-state index contributed by atoms with van der Waals surface area (Å²) in [5.74, 6) is -2.88. The highest BCUT2D eigenvalue weighted by Crippen LogP contribution is 2.36. The molecule has 6 N–H and O–H groups in total. The molecule has 0 aromatic heterocycles. The van der Waals surface area contributed by atoms with Gasteiger partial charge in [0.1, 0.15) is 12.6 Å². The number of Topliss-reactive ketones (excluding diaryl/α,β-unsaturated/α-hetero) is 1. The van der Waals surface area contributed by atoms with Crippen LogP contribution in [0.15, 0.2) is 83.9 Å². The van der Waals surface area contributed by atoms with Crippen molar-refractivity contribution in [2.45, 2.75) is 56.9 Å². The normalized spacial score (nSPS) is 16.0. The van der Waals surface area contributed by atoms with Gasteiger partial charge in [0.15, 0.2) is 17.8 Å². The highest BCUT2D eigenvalue weighted by molar-refractivity contribution is 6.13. The molecule has 3 aromatic carbocycles. The molecule has 4 atom stereocenters. The van der Waals surface area contributed by atoms with E-state index in [-0.39, 0.29) is 68.5 Å². The van der Waals surface area contributed by atoms with Crippen LogP contribution in [0, 0.1) is 5.92 Å². The minimum atomic E-state index is -1.50. The fourth-order valence-corrected chi connectivity index (χ4v) is 6.82. The largest absolute Gasteiger partial charge is 0.451 e. The number of nitrogens with one attached hydrogen (secondary N) is 2. The van der Waals surface area contributed by atoms with Crippen LogP contribution in [-0.2, 0) is 41.7 Å². The molecule has 0 saturated carbocycles. The van der Waals surface area contributed by atoms with Gasteiger partial charge in [-0.25, -0.2) is 4.79 Å². The summed E-state index contributed by atoms with van der Waals surface area (Å²) in [6, 6.07) is 21.2. The Morgan fingerprint density at radius 1 is 1.02 bits per heavy atom. The first-order valence-electron chi connectivity index (χ1n) is 17.8. The van der Waals surface area contributed by atoms with E-state index in [2.05, 4.69) is 15.6 Å². The highest BCUT2D eigenvalue weighted by Gasteiger charge is 2.41. The van der Waals surface area contributed by atoms with Gasteiger partial charge in [-0.2, -0.15) is 0 Å². The number of fused-ring (bicyclic) bond motifs is 2. The third-order valence-corrected chi connectivity index (χ3v) is 9.44. The summed E-state index contributed by atoms with van der Waals surface area (Å²) < 4.78 is 10.8. The van der Waals surface area contributed by atoms with Crippen LogP contribution < -0.4 is 22.1 Å². The number of nitrogens with zero attached hydrogens (tertiary/aromatic N) is 3.